The van der Waals surface area contributed by atoms with Crippen molar-refractivity contribution in [2.45, 2.75) is 12.3 Å². The molecule has 1 atom stereocenters. The van der Waals surface area contributed by atoms with Gasteiger partial charge in [-0.3, -0.25) is 4.57 Å². The number of nitrogens with zero attached hydrogens (tertiary/aromatic N) is 5. The lowest BCUT2D eigenvalue weighted by Crippen LogP contribution is -2.26. The Balaban J connectivity index is 0.869. The maximum atomic E-state index is 5.52. The van der Waals surface area contributed by atoms with Gasteiger partial charge in [-0.15, -0.1) is 0 Å². The van der Waals surface area contributed by atoms with Crippen LogP contribution in [0.3, 0.4) is 0 Å². The summed E-state index contributed by atoms with van der Waals surface area (Å²) in [5.74, 6) is 1.52. The van der Waals surface area contributed by atoms with Gasteiger partial charge in [0, 0.05) is 39.0 Å². The second kappa shape index (κ2) is 18.0. The second-order valence-electron chi connectivity index (χ2n) is 20.4. The molecule has 0 amide bonds. The summed E-state index contributed by atoms with van der Waals surface area (Å²) in [6.07, 6.45) is 0. The van der Waals surface area contributed by atoms with Crippen molar-refractivity contribution >= 4 is 50.1 Å². The van der Waals surface area contributed by atoms with Gasteiger partial charge in [0.15, 0.2) is 5.84 Å². The first-order chi connectivity index (χ1) is 38.5. The molecule has 2 heterocycles. The molecule has 13 aromatic rings. The fourth-order valence-electron chi connectivity index (χ4n) is 12.6. The van der Waals surface area contributed by atoms with Crippen molar-refractivity contribution in [2.75, 3.05) is 0 Å². The number of hydrogen-bond donors (Lipinski definition) is 0. The molecule has 0 radical (unpaired) electrons. The third-order valence-electron chi connectivity index (χ3n) is 16.1. The van der Waals surface area contributed by atoms with Crippen molar-refractivity contribution in [2.24, 2.45) is 9.98 Å². The molecule has 2 aromatic heterocycles. The molecule has 5 heteroatoms. The number of benzene rings is 11. The Hall–Kier alpha value is -10.2. The van der Waals surface area contributed by atoms with E-state index in [1.807, 2.05) is 24.3 Å². The van der Waals surface area contributed by atoms with Crippen LogP contribution in [-0.2, 0) is 5.41 Å². The predicted octanol–water partition coefficient (Wildman–Crippen LogP) is 17.7. The Kier molecular flexibility index (Phi) is 10.4. The van der Waals surface area contributed by atoms with Crippen LogP contribution in [0.2, 0.25) is 0 Å². The van der Waals surface area contributed by atoms with Gasteiger partial charge in [0.05, 0.1) is 33.2 Å². The third kappa shape index (κ3) is 6.98. The van der Waals surface area contributed by atoms with Gasteiger partial charge in [0.1, 0.15) is 5.82 Å². The number of rotatable bonds is 8. The van der Waals surface area contributed by atoms with Crippen LogP contribution >= 0.6 is 0 Å². The molecule has 0 fully saturated rings. The van der Waals surface area contributed by atoms with Crippen LogP contribution in [0.4, 0.5) is 0 Å². The fraction of sp³-hybridized carbons (Fsp3) is 0.0274. The van der Waals surface area contributed by atoms with Crippen molar-refractivity contribution in [1.82, 2.24) is 14.1 Å². The summed E-state index contributed by atoms with van der Waals surface area (Å²) in [7, 11) is 0. The first kappa shape index (κ1) is 45.2. The van der Waals surface area contributed by atoms with E-state index in [1.54, 1.807) is 0 Å². The van der Waals surface area contributed by atoms with Crippen LogP contribution in [0, 0.1) is 0 Å². The highest BCUT2D eigenvalue weighted by atomic mass is 15.1. The van der Waals surface area contributed by atoms with Crippen molar-refractivity contribution in [3.8, 4) is 56.1 Å². The number of imidazole rings is 1. The minimum atomic E-state index is -0.582. The van der Waals surface area contributed by atoms with Crippen LogP contribution in [0.5, 0.6) is 0 Å². The first-order valence-electron chi connectivity index (χ1n) is 26.6. The SMILES string of the molecule is C=C(N=C(N=C(C)c1ccc2c(c1)C1(c3ccccc3-2)c2ccccc2-c2ccc(-c3ccc(-n4c(-c5ccccc5)nc5ccccc54)cc3)cc21)c1ccc2c(c1)c1ccccc1n2-c1ccccc1)c1ccccc1. The van der Waals surface area contributed by atoms with Crippen molar-refractivity contribution < 1.29 is 0 Å². The van der Waals surface area contributed by atoms with E-state index in [9.17, 15) is 0 Å². The predicted molar refractivity (Wildman–Crippen MR) is 323 cm³/mol. The summed E-state index contributed by atoms with van der Waals surface area (Å²) < 4.78 is 4.61. The van der Waals surface area contributed by atoms with E-state index in [4.69, 9.17) is 15.0 Å². The molecule has 5 nitrogen and oxygen atoms in total. The number of amidine groups is 1. The Morgan fingerprint density at radius 1 is 0.385 bits per heavy atom. The largest absolute Gasteiger partial charge is 0.309 e. The van der Waals surface area contributed by atoms with Gasteiger partial charge >= 0.3 is 0 Å². The number of fused-ring (bicyclic) bond motifs is 14. The molecule has 366 valence electrons. The van der Waals surface area contributed by atoms with Crippen LogP contribution in [0.15, 0.2) is 283 Å². The molecule has 0 aliphatic heterocycles. The molecular weight excluding hydrogens is 947 g/mol. The van der Waals surface area contributed by atoms with Crippen molar-refractivity contribution in [3.05, 3.63) is 312 Å². The van der Waals surface area contributed by atoms with Crippen LogP contribution in [-0.4, -0.2) is 25.7 Å². The second-order valence-corrected chi connectivity index (χ2v) is 20.4. The average molecular weight is 996 g/mol. The minimum Gasteiger partial charge on any atom is -0.309 e. The fourth-order valence-corrected chi connectivity index (χ4v) is 12.6. The molecule has 1 spiro atoms. The zero-order chi connectivity index (χ0) is 51.9. The molecule has 0 N–H and O–H groups in total. The van der Waals surface area contributed by atoms with E-state index >= 15 is 0 Å². The molecule has 0 bridgehead atoms. The van der Waals surface area contributed by atoms with E-state index in [-0.39, 0.29) is 0 Å². The maximum absolute atomic E-state index is 5.52. The normalized spacial score (nSPS) is 14.5. The molecule has 0 saturated heterocycles. The lowest BCUT2D eigenvalue weighted by Gasteiger charge is -2.31. The molecule has 11 aromatic carbocycles. The number of para-hydroxylation sites is 4. The average Bonchev–Trinajstić information content (AvgIpc) is 3.96. The van der Waals surface area contributed by atoms with Gasteiger partial charge in [-0.05, 0) is 146 Å². The zero-order valence-electron chi connectivity index (χ0n) is 42.8. The number of hydrogen-bond acceptors (Lipinski definition) is 2. The van der Waals surface area contributed by atoms with Crippen LogP contribution in [0.1, 0.15) is 45.9 Å². The van der Waals surface area contributed by atoms with Gasteiger partial charge < -0.3 is 4.57 Å². The van der Waals surface area contributed by atoms with E-state index in [2.05, 4.69) is 265 Å². The number of aromatic nitrogens is 3. The zero-order valence-corrected chi connectivity index (χ0v) is 42.8. The van der Waals surface area contributed by atoms with Gasteiger partial charge in [-0.2, -0.15) is 0 Å². The highest BCUT2D eigenvalue weighted by Gasteiger charge is 2.51. The Bertz CT molecular complexity index is 4600. The molecule has 78 heavy (non-hydrogen) atoms. The van der Waals surface area contributed by atoms with Crippen molar-refractivity contribution in [3.63, 3.8) is 0 Å². The van der Waals surface area contributed by atoms with Crippen LogP contribution in [0.25, 0.3) is 94.7 Å². The quantitative estimate of drug-likeness (QED) is 0.111. The molecule has 2 aliphatic rings. The topological polar surface area (TPSA) is 47.5 Å². The lowest BCUT2D eigenvalue weighted by molar-refractivity contribution is 0.794. The summed E-state index contributed by atoms with van der Waals surface area (Å²) in [6.45, 7) is 6.61. The first-order valence-corrected chi connectivity index (χ1v) is 26.6. The van der Waals surface area contributed by atoms with Gasteiger partial charge in [-0.25, -0.2) is 15.0 Å². The van der Waals surface area contributed by atoms with Gasteiger partial charge in [0.25, 0.3) is 0 Å². The molecule has 2 aliphatic carbocycles. The van der Waals surface area contributed by atoms with Crippen LogP contribution < -0.4 is 0 Å². The highest BCUT2D eigenvalue weighted by Crippen LogP contribution is 2.63. The Morgan fingerprint density at radius 2 is 0.936 bits per heavy atom. The van der Waals surface area contributed by atoms with Crippen molar-refractivity contribution in [1.29, 1.82) is 0 Å². The highest BCUT2D eigenvalue weighted by molar-refractivity contribution is 6.17. The summed E-state index contributed by atoms with van der Waals surface area (Å²) >= 11 is 0. The van der Waals surface area contributed by atoms with Gasteiger partial charge in [0.2, 0.25) is 0 Å². The number of aliphatic imine (C=N–C) groups is 2. The lowest BCUT2D eigenvalue weighted by atomic mass is 9.70. The summed E-state index contributed by atoms with van der Waals surface area (Å²) in [6, 6.07) is 95.9. The molecular formula is C73H49N5. The monoisotopic (exact) mass is 995 g/mol. The van der Waals surface area contributed by atoms with E-state index in [0.29, 0.717) is 11.5 Å². The summed E-state index contributed by atoms with van der Waals surface area (Å²) in [4.78, 5) is 15.9. The minimum absolute atomic E-state index is 0.582. The summed E-state index contributed by atoms with van der Waals surface area (Å²) in [5.41, 5.74) is 23.8. The molecule has 0 saturated carbocycles. The standard InChI is InChI=1S/C73H49N5/c1-47(49-20-6-3-7-21-49)74-71(54-38-43-69-62(44-54)61-28-14-18-32-68(61)77(69)55-24-10-5-11-25-55)75-48(2)52-36-41-59-57-26-12-15-29-63(57)73(65(59)45-52)64-30-16-13-27-58(64)60-42-37-53(46-66(60)73)50-34-39-56(40-35-50)78-70-33-19-17-31-67(70)76-72(78)51-22-8-4-9-23-51/h3-46H,1H2,2H3. The van der Waals surface area contributed by atoms with E-state index in [0.717, 1.165) is 83.7 Å². The Labute approximate surface area is 452 Å². The van der Waals surface area contributed by atoms with E-state index < -0.39 is 5.41 Å². The maximum Gasteiger partial charge on any atom is 0.160 e. The van der Waals surface area contributed by atoms with E-state index in [1.165, 1.54) is 49.9 Å². The Morgan fingerprint density at radius 3 is 1.68 bits per heavy atom. The molecule has 15 rings (SSSR count). The summed E-state index contributed by atoms with van der Waals surface area (Å²) in [5, 5.41) is 2.30. The molecule has 1 unspecified atom stereocenters. The smallest absolute Gasteiger partial charge is 0.160 e. The third-order valence-corrected chi connectivity index (χ3v) is 16.1. The van der Waals surface area contributed by atoms with Gasteiger partial charge in [-0.1, -0.05) is 201 Å².